The van der Waals surface area contributed by atoms with Crippen LogP contribution >= 0.6 is 0 Å². The predicted molar refractivity (Wildman–Crippen MR) is 111 cm³/mol. The lowest BCUT2D eigenvalue weighted by Crippen LogP contribution is -2.45. The third-order valence-corrected chi connectivity index (χ3v) is 4.09. The molecule has 0 fully saturated rings. The maximum Gasteiger partial charge on any atom is 0.242 e. The van der Waals surface area contributed by atoms with Gasteiger partial charge >= 0.3 is 0 Å². The third kappa shape index (κ3) is 8.04. The Morgan fingerprint density at radius 1 is 1.22 bits per heavy atom. The Morgan fingerprint density at radius 3 is 2.44 bits per heavy atom. The molecule has 0 atom stereocenters. The number of nitrogens with one attached hydrogen (secondary N) is 1. The molecule has 0 spiro atoms. The van der Waals surface area contributed by atoms with Gasteiger partial charge in [-0.1, -0.05) is 18.1 Å². The van der Waals surface area contributed by atoms with Gasteiger partial charge in [-0.15, -0.1) is 6.42 Å². The molecule has 0 aliphatic heterocycles. The first-order valence-electron chi connectivity index (χ1n) is 9.48. The molecule has 1 amide bonds. The van der Waals surface area contributed by atoms with Crippen LogP contribution in [0.3, 0.4) is 0 Å². The van der Waals surface area contributed by atoms with Gasteiger partial charge in [-0.25, -0.2) is 0 Å². The number of benzene rings is 1. The van der Waals surface area contributed by atoms with Gasteiger partial charge in [0.2, 0.25) is 5.91 Å². The van der Waals surface area contributed by atoms with Crippen molar-refractivity contribution in [2.24, 2.45) is 4.99 Å². The molecule has 0 aliphatic rings. The lowest BCUT2D eigenvalue weighted by molar-refractivity contribution is -0.131. The van der Waals surface area contributed by atoms with E-state index in [1.54, 1.807) is 0 Å². The number of aliphatic imine (C=N–C) groups is 1. The number of ether oxygens (including phenoxy) is 1. The number of carbonyl (C=O) groups is 1. The van der Waals surface area contributed by atoms with Crippen LogP contribution in [0.4, 0.5) is 0 Å². The van der Waals surface area contributed by atoms with E-state index in [1.165, 1.54) is 5.56 Å². The number of amides is 1. The molecule has 27 heavy (non-hydrogen) atoms. The van der Waals surface area contributed by atoms with Gasteiger partial charge in [-0.05, 0) is 44.9 Å². The van der Waals surface area contributed by atoms with Crippen LogP contribution in [0, 0.1) is 12.3 Å². The van der Waals surface area contributed by atoms with Gasteiger partial charge in [-0.2, -0.15) is 0 Å². The number of terminal acetylenes is 1. The van der Waals surface area contributed by atoms with E-state index in [-0.39, 0.29) is 12.5 Å². The standard InChI is InChI=1S/C21H32N4O2/c1-6-16-27-19-12-10-18(11-13-19)14-15-23-21(22-7-2)24(5)17-20(26)25(8-3)9-4/h1,10-13H,7-9,14-17H2,2-5H3,(H,22,23). The summed E-state index contributed by atoms with van der Waals surface area (Å²) in [6, 6.07) is 7.86. The minimum atomic E-state index is 0.107. The molecule has 6 heteroatoms. The summed E-state index contributed by atoms with van der Waals surface area (Å²) in [6.45, 7) is 9.41. The molecule has 0 aromatic heterocycles. The van der Waals surface area contributed by atoms with E-state index in [0.717, 1.165) is 37.8 Å². The van der Waals surface area contributed by atoms with Crippen LogP contribution in [0.25, 0.3) is 0 Å². The summed E-state index contributed by atoms with van der Waals surface area (Å²) in [5.74, 6) is 4.07. The summed E-state index contributed by atoms with van der Waals surface area (Å²) in [6.07, 6.45) is 6.00. The van der Waals surface area contributed by atoms with Gasteiger partial charge in [0.15, 0.2) is 5.96 Å². The SMILES string of the molecule is C#CCOc1ccc(CCN=C(NCC)N(C)CC(=O)N(CC)CC)cc1. The second-order valence-electron chi connectivity index (χ2n) is 6.04. The molecular weight excluding hydrogens is 340 g/mol. The van der Waals surface area contributed by atoms with Gasteiger partial charge in [0, 0.05) is 33.2 Å². The average Bonchev–Trinajstić information content (AvgIpc) is 2.67. The first kappa shape index (κ1) is 22.4. The highest BCUT2D eigenvalue weighted by atomic mass is 16.5. The molecule has 6 nitrogen and oxygen atoms in total. The summed E-state index contributed by atoms with van der Waals surface area (Å²) in [4.78, 5) is 20.7. The van der Waals surface area contributed by atoms with E-state index in [2.05, 4.69) is 16.2 Å². The Balaban J connectivity index is 2.62. The molecule has 0 heterocycles. The Bertz CT molecular complexity index is 631. The molecule has 0 aliphatic carbocycles. The second kappa shape index (κ2) is 12.6. The summed E-state index contributed by atoms with van der Waals surface area (Å²) in [5.41, 5.74) is 1.17. The average molecular weight is 373 g/mol. The molecule has 0 saturated carbocycles. The quantitative estimate of drug-likeness (QED) is 0.388. The number of carbonyl (C=O) groups excluding carboxylic acids is 1. The van der Waals surface area contributed by atoms with Crippen molar-refractivity contribution in [1.82, 2.24) is 15.1 Å². The summed E-state index contributed by atoms with van der Waals surface area (Å²) < 4.78 is 5.37. The van der Waals surface area contributed by atoms with Crippen molar-refractivity contribution < 1.29 is 9.53 Å². The maximum absolute atomic E-state index is 12.3. The first-order valence-corrected chi connectivity index (χ1v) is 9.48. The molecule has 0 saturated heterocycles. The molecule has 1 aromatic carbocycles. The van der Waals surface area contributed by atoms with E-state index in [0.29, 0.717) is 13.1 Å². The zero-order chi connectivity index (χ0) is 20.1. The van der Waals surface area contributed by atoms with E-state index in [4.69, 9.17) is 11.2 Å². The predicted octanol–water partition coefficient (Wildman–Crippen LogP) is 2.01. The molecule has 148 valence electrons. The Hall–Kier alpha value is -2.68. The minimum Gasteiger partial charge on any atom is -0.481 e. The topological polar surface area (TPSA) is 57.2 Å². The fourth-order valence-electron chi connectivity index (χ4n) is 2.59. The van der Waals surface area contributed by atoms with E-state index in [1.807, 2.05) is 61.9 Å². The van der Waals surface area contributed by atoms with Crippen LogP contribution in [0.15, 0.2) is 29.3 Å². The van der Waals surface area contributed by atoms with Crippen molar-refractivity contribution in [3.63, 3.8) is 0 Å². The van der Waals surface area contributed by atoms with Crippen LogP contribution in [-0.2, 0) is 11.2 Å². The molecule has 0 bridgehead atoms. The van der Waals surface area contributed by atoms with Crippen LogP contribution in [0.2, 0.25) is 0 Å². The molecule has 0 unspecified atom stereocenters. The van der Waals surface area contributed by atoms with Crippen molar-refractivity contribution in [3.8, 4) is 18.1 Å². The normalized spacial score (nSPS) is 10.9. The monoisotopic (exact) mass is 372 g/mol. The third-order valence-electron chi connectivity index (χ3n) is 4.09. The molecular formula is C21H32N4O2. The number of hydrogen-bond donors (Lipinski definition) is 1. The number of rotatable bonds is 10. The van der Waals surface area contributed by atoms with E-state index >= 15 is 0 Å². The lowest BCUT2D eigenvalue weighted by Gasteiger charge is -2.25. The van der Waals surface area contributed by atoms with Crippen molar-refractivity contribution >= 4 is 11.9 Å². The summed E-state index contributed by atoms with van der Waals surface area (Å²) in [7, 11) is 1.89. The Kier molecular flexibility index (Phi) is 10.5. The van der Waals surface area contributed by atoms with Crippen molar-refractivity contribution in [2.45, 2.75) is 27.2 Å². The zero-order valence-corrected chi connectivity index (χ0v) is 17.0. The van der Waals surface area contributed by atoms with E-state index < -0.39 is 0 Å². The summed E-state index contributed by atoms with van der Waals surface area (Å²) >= 11 is 0. The Morgan fingerprint density at radius 2 is 1.89 bits per heavy atom. The molecule has 1 aromatic rings. The van der Waals surface area contributed by atoms with Gasteiger partial charge in [-0.3, -0.25) is 9.79 Å². The molecule has 1 N–H and O–H groups in total. The van der Waals surface area contributed by atoms with Crippen molar-refractivity contribution in [2.75, 3.05) is 46.4 Å². The highest BCUT2D eigenvalue weighted by molar-refractivity contribution is 5.86. The number of guanidine groups is 1. The number of likely N-dealkylation sites (N-methyl/N-ethyl adjacent to an activating group) is 2. The first-order chi connectivity index (χ1) is 13.0. The van der Waals surface area contributed by atoms with Gasteiger partial charge in [0.05, 0.1) is 6.54 Å². The summed E-state index contributed by atoms with van der Waals surface area (Å²) in [5, 5.41) is 3.25. The van der Waals surface area contributed by atoms with Crippen LogP contribution in [-0.4, -0.2) is 68.0 Å². The second-order valence-corrected chi connectivity index (χ2v) is 6.04. The zero-order valence-electron chi connectivity index (χ0n) is 17.0. The smallest absolute Gasteiger partial charge is 0.242 e. The number of nitrogens with zero attached hydrogens (tertiary/aromatic N) is 3. The van der Waals surface area contributed by atoms with Crippen molar-refractivity contribution in [3.05, 3.63) is 29.8 Å². The van der Waals surface area contributed by atoms with Crippen LogP contribution in [0.1, 0.15) is 26.3 Å². The van der Waals surface area contributed by atoms with Gasteiger partial charge in [0.25, 0.3) is 0 Å². The lowest BCUT2D eigenvalue weighted by atomic mass is 10.1. The van der Waals surface area contributed by atoms with Crippen LogP contribution < -0.4 is 10.1 Å². The Labute approximate surface area is 163 Å². The van der Waals surface area contributed by atoms with Crippen LogP contribution in [0.5, 0.6) is 5.75 Å². The highest BCUT2D eigenvalue weighted by Crippen LogP contribution is 2.12. The van der Waals surface area contributed by atoms with Gasteiger partial charge < -0.3 is 19.9 Å². The number of hydrogen-bond acceptors (Lipinski definition) is 3. The molecule has 0 radical (unpaired) electrons. The molecule has 1 rings (SSSR count). The van der Waals surface area contributed by atoms with E-state index in [9.17, 15) is 4.79 Å². The van der Waals surface area contributed by atoms with Crippen molar-refractivity contribution in [1.29, 1.82) is 0 Å². The largest absolute Gasteiger partial charge is 0.481 e. The highest BCUT2D eigenvalue weighted by Gasteiger charge is 2.14. The fraction of sp³-hybridized carbons (Fsp3) is 0.524. The fourth-order valence-corrected chi connectivity index (χ4v) is 2.59. The van der Waals surface area contributed by atoms with Gasteiger partial charge in [0.1, 0.15) is 12.4 Å². The maximum atomic E-state index is 12.3. The minimum absolute atomic E-state index is 0.107.